The molecule has 0 bridgehead atoms. The molecule has 0 aliphatic rings. The van der Waals surface area contributed by atoms with Gasteiger partial charge in [0.05, 0.1) is 5.69 Å². The third-order valence-electron chi connectivity index (χ3n) is 2.99. The highest BCUT2D eigenvalue weighted by Gasteiger charge is 2.09. The summed E-state index contributed by atoms with van der Waals surface area (Å²) in [5.74, 6) is 0.252. The SMILES string of the molecule is CCCCc1cc(Br)c(NC=C(C#N)c2nn[nH]n2)c(Br)c1. The lowest BCUT2D eigenvalue weighted by atomic mass is 10.1. The van der Waals surface area contributed by atoms with Crippen molar-refractivity contribution < 1.29 is 0 Å². The Hall–Kier alpha value is -1.72. The monoisotopic (exact) mass is 424 g/mol. The number of nitrogens with one attached hydrogen (secondary N) is 2. The van der Waals surface area contributed by atoms with Crippen LogP contribution in [-0.2, 0) is 6.42 Å². The molecule has 0 saturated carbocycles. The fourth-order valence-electron chi connectivity index (χ4n) is 1.86. The molecular weight excluding hydrogens is 412 g/mol. The summed E-state index contributed by atoms with van der Waals surface area (Å²) in [5.41, 5.74) is 2.40. The molecule has 1 aromatic heterocycles. The zero-order chi connectivity index (χ0) is 15.9. The maximum absolute atomic E-state index is 9.15. The summed E-state index contributed by atoms with van der Waals surface area (Å²) in [7, 11) is 0. The minimum atomic E-state index is 0.252. The molecule has 22 heavy (non-hydrogen) atoms. The van der Waals surface area contributed by atoms with Gasteiger partial charge in [0.25, 0.3) is 0 Å². The van der Waals surface area contributed by atoms with Gasteiger partial charge in [-0.25, -0.2) is 0 Å². The summed E-state index contributed by atoms with van der Waals surface area (Å²) < 4.78 is 1.85. The van der Waals surface area contributed by atoms with Gasteiger partial charge in [0, 0.05) is 15.1 Å². The van der Waals surface area contributed by atoms with Crippen LogP contribution < -0.4 is 5.32 Å². The summed E-state index contributed by atoms with van der Waals surface area (Å²) >= 11 is 7.11. The van der Waals surface area contributed by atoms with E-state index in [1.165, 1.54) is 5.56 Å². The molecule has 0 unspecified atom stereocenters. The first-order valence-corrected chi connectivity index (χ1v) is 8.32. The first kappa shape index (κ1) is 16.6. The van der Waals surface area contributed by atoms with Crippen molar-refractivity contribution in [3.8, 4) is 6.07 Å². The number of unbranched alkanes of at least 4 members (excludes halogenated alkanes) is 1. The Morgan fingerprint density at radius 2 is 2.14 bits per heavy atom. The second-order valence-electron chi connectivity index (χ2n) is 4.59. The van der Waals surface area contributed by atoms with Crippen molar-refractivity contribution in [1.82, 2.24) is 20.6 Å². The molecule has 2 N–H and O–H groups in total. The Morgan fingerprint density at radius 3 is 2.68 bits per heavy atom. The molecule has 1 aromatic carbocycles. The van der Waals surface area contributed by atoms with E-state index in [4.69, 9.17) is 5.26 Å². The molecule has 114 valence electrons. The van der Waals surface area contributed by atoms with E-state index in [2.05, 4.69) is 76.9 Å². The number of aromatic amines is 1. The second-order valence-corrected chi connectivity index (χ2v) is 6.30. The molecule has 1 heterocycles. The summed E-state index contributed by atoms with van der Waals surface area (Å²) in [5, 5.41) is 25.6. The van der Waals surface area contributed by atoms with Crippen LogP contribution in [-0.4, -0.2) is 20.6 Å². The summed E-state index contributed by atoms with van der Waals surface area (Å²) in [6.07, 6.45) is 4.91. The number of aromatic nitrogens is 4. The minimum Gasteiger partial charge on any atom is -0.358 e. The molecule has 0 saturated heterocycles. The van der Waals surface area contributed by atoms with E-state index in [1.54, 1.807) is 6.20 Å². The van der Waals surface area contributed by atoms with E-state index in [-0.39, 0.29) is 5.82 Å². The number of hydrogen-bond acceptors (Lipinski definition) is 5. The van der Waals surface area contributed by atoms with E-state index < -0.39 is 0 Å². The Kier molecular flexibility index (Phi) is 6.10. The lowest BCUT2D eigenvalue weighted by Gasteiger charge is -2.10. The summed E-state index contributed by atoms with van der Waals surface area (Å²) in [6.45, 7) is 2.17. The average molecular weight is 426 g/mol. The number of tetrazole rings is 1. The van der Waals surface area contributed by atoms with Crippen molar-refractivity contribution in [3.05, 3.63) is 38.7 Å². The van der Waals surface area contributed by atoms with Crippen LogP contribution >= 0.6 is 31.9 Å². The van der Waals surface area contributed by atoms with E-state index in [1.807, 2.05) is 6.07 Å². The Labute approximate surface area is 145 Å². The Balaban J connectivity index is 2.21. The van der Waals surface area contributed by atoms with Gasteiger partial charge in [-0.15, -0.1) is 10.2 Å². The van der Waals surface area contributed by atoms with Gasteiger partial charge in [0.1, 0.15) is 11.6 Å². The third kappa shape index (κ3) is 4.15. The van der Waals surface area contributed by atoms with Crippen LogP contribution in [0.25, 0.3) is 5.57 Å². The van der Waals surface area contributed by atoms with Crippen molar-refractivity contribution in [1.29, 1.82) is 5.26 Å². The number of aryl methyl sites for hydroxylation is 1. The molecule has 8 heteroatoms. The summed E-state index contributed by atoms with van der Waals surface area (Å²) in [4.78, 5) is 0. The van der Waals surface area contributed by atoms with Crippen LogP contribution in [0, 0.1) is 11.3 Å². The molecule has 2 aromatic rings. The van der Waals surface area contributed by atoms with Gasteiger partial charge in [-0.05, 0) is 67.6 Å². The lowest BCUT2D eigenvalue weighted by molar-refractivity contribution is 0.794. The quantitative estimate of drug-likeness (QED) is 0.681. The number of H-pyrrole nitrogens is 1. The standard InChI is InChI=1S/C14H14Br2N6/c1-2-3-4-9-5-11(15)13(12(16)6-9)18-8-10(7-17)14-19-21-22-20-14/h5-6,8,18H,2-4H2,1H3,(H,19,20,21,22). The second kappa shape index (κ2) is 8.06. The van der Waals surface area contributed by atoms with Crippen molar-refractivity contribution in [2.45, 2.75) is 26.2 Å². The molecule has 0 aliphatic heterocycles. The van der Waals surface area contributed by atoms with Crippen LogP contribution in [0.1, 0.15) is 31.2 Å². The highest BCUT2D eigenvalue weighted by molar-refractivity contribution is 9.11. The molecule has 0 fully saturated rings. The topological polar surface area (TPSA) is 90.3 Å². The van der Waals surface area contributed by atoms with Crippen LogP contribution in [0.5, 0.6) is 0 Å². The molecule has 0 spiro atoms. The third-order valence-corrected chi connectivity index (χ3v) is 4.24. The molecular formula is C14H14Br2N6. The molecule has 0 aliphatic carbocycles. The van der Waals surface area contributed by atoms with Crippen molar-refractivity contribution in [3.63, 3.8) is 0 Å². The van der Waals surface area contributed by atoms with Gasteiger partial charge in [-0.3, -0.25) is 0 Å². The molecule has 2 rings (SSSR count). The maximum atomic E-state index is 9.15. The van der Waals surface area contributed by atoms with Gasteiger partial charge < -0.3 is 5.32 Å². The van der Waals surface area contributed by atoms with E-state index in [9.17, 15) is 0 Å². The van der Waals surface area contributed by atoms with Crippen LogP contribution in [0.3, 0.4) is 0 Å². The maximum Gasteiger partial charge on any atom is 0.216 e. The van der Waals surface area contributed by atoms with Gasteiger partial charge in [-0.1, -0.05) is 13.3 Å². The Bertz CT molecular complexity index is 680. The number of rotatable bonds is 6. The van der Waals surface area contributed by atoms with E-state index >= 15 is 0 Å². The van der Waals surface area contributed by atoms with E-state index in [0.717, 1.165) is 33.9 Å². The van der Waals surface area contributed by atoms with Crippen molar-refractivity contribution in [2.24, 2.45) is 0 Å². The summed E-state index contributed by atoms with van der Waals surface area (Å²) in [6, 6.07) is 6.20. The smallest absolute Gasteiger partial charge is 0.216 e. The highest BCUT2D eigenvalue weighted by atomic mass is 79.9. The first-order valence-electron chi connectivity index (χ1n) is 6.74. The number of allylic oxidation sites excluding steroid dienone is 1. The van der Waals surface area contributed by atoms with Crippen molar-refractivity contribution in [2.75, 3.05) is 5.32 Å². The average Bonchev–Trinajstić information content (AvgIpc) is 3.02. The number of anilines is 1. The first-order chi connectivity index (χ1) is 10.7. The van der Waals surface area contributed by atoms with Crippen molar-refractivity contribution >= 4 is 43.1 Å². The van der Waals surface area contributed by atoms with E-state index in [0.29, 0.717) is 5.57 Å². The predicted octanol–water partition coefficient (Wildman–Crippen LogP) is 4.04. The molecule has 0 amide bonds. The number of halogens is 2. The van der Waals surface area contributed by atoms with Crippen LogP contribution in [0.4, 0.5) is 5.69 Å². The van der Waals surface area contributed by atoms with Gasteiger partial charge in [0.2, 0.25) is 5.82 Å². The zero-order valence-electron chi connectivity index (χ0n) is 11.9. The number of benzene rings is 1. The molecule has 6 nitrogen and oxygen atoms in total. The largest absolute Gasteiger partial charge is 0.358 e. The zero-order valence-corrected chi connectivity index (χ0v) is 15.1. The number of nitriles is 1. The van der Waals surface area contributed by atoms with Gasteiger partial charge in [0.15, 0.2) is 0 Å². The van der Waals surface area contributed by atoms with Gasteiger partial charge in [-0.2, -0.15) is 10.5 Å². The number of nitrogens with zero attached hydrogens (tertiary/aromatic N) is 4. The molecule has 0 atom stereocenters. The fourth-order valence-corrected chi connectivity index (χ4v) is 3.37. The highest BCUT2D eigenvalue weighted by Crippen LogP contribution is 2.33. The normalized spacial score (nSPS) is 11.3. The van der Waals surface area contributed by atoms with Crippen LogP contribution in [0.15, 0.2) is 27.3 Å². The van der Waals surface area contributed by atoms with Crippen LogP contribution in [0.2, 0.25) is 0 Å². The minimum absolute atomic E-state index is 0.252. The lowest BCUT2D eigenvalue weighted by Crippen LogP contribution is -1.96. The number of hydrogen-bond donors (Lipinski definition) is 2. The molecule has 0 radical (unpaired) electrons. The van der Waals surface area contributed by atoms with Gasteiger partial charge >= 0.3 is 0 Å². The fraction of sp³-hybridized carbons (Fsp3) is 0.286. The predicted molar refractivity (Wildman–Crippen MR) is 91.8 cm³/mol. The Morgan fingerprint density at radius 1 is 1.41 bits per heavy atom.